The highest BCUT2D eigenvalue weighted by Gasteiger charge is 2.03. The zero-order valence-electron chi connectivity index (χ0n) is 11.2. The minimum atomic E-state index is -0.198. The smallest absolute Gasteiger partial charge is 0.258 e. The number of nitrogens with one attached hydrogen (secondary N) is 1. The van der Waals surface area contributed by atoms with Gasteiger partial charge in [-0.1, -0.05) is 12.1 Å². The van der Waals surface area contributed by atoms with E-state index in [1.165, 1.54) is 0 Å². The van der Waals surface area contributed by atoms with Crippen LogP contribution in [0.3, 0.4) is 0 Å². The van der Waals surface area contributed by atoms with E-state index >= 15 is 0 Å². The third-order valence-electron chi connectivity index (χ3n) is 2.73. The van der Waals surface area contributed by atoms with Crippen LogP contribution in [-0.2, 0) is 11.3 Å². The summed E-state index contributed by atoms with van der Waals surface area (Å²) in [5, 5.41) is 11.6. The zero-order valence-corrected chi connectivity index (χ0v) is 13.3. The second-order valence-corrected chi connectivity index (χ2v) is 5.58. The molecule has 0 saturated heterocycles. The summed E-state index contributed by atoms with van der Waals surface area (Å²) >= 11 is 2.21. The molecule has 0 atom stereocenters. The highest BCUT2D eigenvalue weighted by atomic mass is 127. The summed E-state index contributed by atoms with van der Waals surface area (Å²) in [6.45, 7) is 0.350. The first-order valence-corrected chi connectivity index (χ1v) is 7.39. The van der Waals surface area contributed by atoms with Crippen molar-refractivity contribution in [1.82, 2.24) is 5.32 Å². The molecule has 2 rings (SSSR count). The van der Waals surface area contributed by atoms with Crippen molar-refractivity contribution in [2.75, 3.05) is 6.61 Å². The molecule has 0 unspecified atom stereocenters. The van der Waals surface area contributed by atoms with Crippen molar-refractivity contribution < 1.29 is 9.53 Å². The van der Waals surface area contributed by atoms with Crippen molar-refractivity contribution in [3.8, 4) is 11.8 Å². The van der Waals surface area contributed by atoms with Crippen molar-refractivity contribution in [1.29, 1.82) is 5.26 Å². The van der Waals surface area contributed by atoms with E-state index in [0.717, 1.165) is 9.13 Å². The Hall–Kier alpha value is -2.07. The second-order valence-electron chi connectivity index (χ2n) is 4.33. The van der Waals surface area contributed by atoms with Crippen LogP contribution in [0.15, 0.2) is 48.5 Å². The molecule has 0 fully saturated rings. The third kappa shape index (κ3) is 5.08. The molecule has 2 aromatic rings. The molecule has 1 amide bonds. The van der Waals surface area contributed by atoms with Crippen molar-refractivity contribution in [2.45, 2.75) is 6.54 Å². The number of amides is 1. The van der Waals surface area contributed by atoms with Crippen LogP contribution in [0.5, 0.6) is 5.75 Å². The Balaban J connectivity index is 1.79. The van der Waals surface area contributed by atoms with Crippen molar-refractivity contribution in [3.63, 3.8) is 0 Å². The lowest BCUT2D eigenvalue weighted by atomic mass is 10.1. The van der Waals surface area contributed by atoms with E-state index in [1.807, 2.05) is 30.3 Å². The quantitative estimate of drug-likeness (QED) is 0.797. The summed E-state index contributed by atoms with van der Waals surface area (Å²) in [5.41, 5.74) is 1.47. The average molecular weight is 392 g/mol. The van der Waals surface area contributed by atoms with Crippen molar-refractivity contribution in [2.24, 2.45) is 0 Å². The second kappa shape index (κ2) is 7.64. The van der Waals surface area contributed by atoms with Crippen molar-refractivity contribution in [3.05, 3.63) is 63.2 Å². The van der Waals surface area contributed by atoms with Crippen LogP contribution in [0.25, 0.3) is 0 Å². The van der Waals surface area contributed by atoms with E-state index in [0.29, 0.717) is 17.9 Å². The molecule has 0 heterocycles. The minimum absolute atomic E-state index is 0.0292. The van der Waals surface area contributed by atoms with Crippen LogP contribution in [-0.4, -0.2) is 12.5 Å². The molecule has 0 aliphatic heterocycles. The van der Waals surface area contributed by atoms with Gasteiger partial charge in [0.05, 0.1) is 11.6 Å². The number of rotatable bonds is 5. The Bertz CT molecular complexity index is 663. The monoisotopic (exact) mass is 392 g/mol. The first kappa shape index (κ1) is 15.3. The molecule has 0 aliphatic rings. The molecule has 21 heavy (non-hydrogen) atoms. The third-order valence-corrected chi connectivity index (χ3v) is 3.45. The van der Waals surface area contributed by atoms with Gasteiger partial charge < -0.3 is 10.1 Å². The summed E-state index contributed by atoms with van der Waals surface area (Å²) in [7, 11) is 0. The lowest BCUT2D eigenvalue weighted by Gasteiger charge is -2.08. The van der Waals surface area contributed by atoms with E-state index in [-0.39, 0.29) is 12.5 Å². The van der Waals surface area contributed by atoms with Crippen LogP contribution in [0.4, 0.5) is 0 Å². The molecule has 2 aromatic carbocycles. The van der Waals surface area contributed by atoms with Crippen LogP contribution in [0.1, 0.15) is 11.1 Å². The molecule has 4 nitrogen and oxygen atoms in total. The Morgan fingerprint density at radius 3 is 2.71 bits per heavy atom. The number of nitriles is 1. The Morgan fingerprint density at radius 1 is 1.24 bits per heavy atom. The first-order valence-electron chi connectivity index (χ1n) is 6.31. The maximum atomic E-state index is 11.7. The SMILES string of the molecule is N#Cc1cccc(CNC(=O)COc2ccc(I)cc2)c1. The van der Waals surface area contributed by atoms with Gasteiger partial charge in [-0.15, -0.1) is 0 Å². The fourth-order valence-electron chi connectivity index (χ4n) is 1.68. The molecular formula is C16H13IN2O2. The van der Waals surface area contributed by atoms with Gasteiger partial charge in [-0.25, -0.2) is 0 Å². The lowest BCUT2D eigenvalue weighted by Crippen LogP contribution is -2.28. The molecule has 0 spiro atoms. The number of halogens is 1. The average Bonchev–Trinajstić information content (AvgIpc) is 2.52. The number of ether oxygens (including phenoxy) is 1. The maximum Gasteiger partial charge on any atom is 0.258 e. The first-order chi connectivity index (χ1) is 10.2. The summed E-state index contributed by atoms with van der Waals surface area (Å²) < 4.78 is 6.50. The predicted molar refractivity (Wildman–Crippen MR) is 87.7 cm³/mol. The Morgan fingerprint density at radius 2 is 2.00 bits per heavy atom. The molecule has 5 heteroatoms. The van der Waals surface area contributed by atoms with Gasteiger partial charge in [0, 0.05) is 10.1 Å². The molecule has 106 valence electrons. The van der Waals surface area contributed by atoms with Crippen molar-refractivity contribution >= 4 is 28.5 Å². The number of nitrogens with zero attached hydrogens (tertiary/aromatic N) is 1. The number of benzene rings is 2. The lowest BCUT2D eigenvalue weighted by molar-refractivity contribution is -0.123. The summed E-state index contributed by atoms with van der Waals surface area (Å²) in [6.07, 6.45) is 0. The van der Waals surface area contributed by atoms with E-state index < -0.39 is 0 Å². The largest absolute Gasteiger partial charge is 0.484 e. The summed E-state index contributed by atoms with van der Waals surface area (Å²) in [5.74, 6) is 0.466. The van der Waals surface area contributed by atoms with Crippen LogP contribution < -0.4 is 10.1 Å². The normalized spacial score (nSPS) is 9.71. The minimum Gasteiger partial charge on any atom is -0.484 e. The van der Waals surface area contributed by atoms with E-state index in [4.69, 9.17) is 10.00 Å². The molecular weight excluding hydrogens is 379 g/mol. The Labute approximate surface area is 136 Å². The van der Waals surface area contributed by atoms with Gasteiger partial charge in [-0.3, -0.25) is 4.79 Å². The molecule has 0 bridgehead atoms. The Kier molecular flexibility index (Phi) is 5.58. The molecule has 0 radical (unpaired) electrons. The van der Waals surface area contributed by atoms with Gasteiger partial charge in [0.15, 0.2) is 6.61 Å². The van der Waals surface area contributed by atoms with Gasteiger partial charge >= 0.3 is 0 Å². The number of carbonyl (C=O) groups is 1. The van der Waals surface area contributed by atoms with Crippen LogP contribution in [0.2, 0.25) is 0 Å². The van der Waals surface area contributed by atoms with Gasteiger partial charge in [-0.05, 0) is 64.6 Å². The summed E-state index contributed by atoms with van der Waals surface area (Å²) in [6, 6.07) is 16.7. The number of hydrogen-bond donors (Lipinski definition) is 1. The fraction of sp³-hybridized carbons (Fsp3) is 0.125. The predicted octanol–water partition coefficient (Wildman–Crippen LogP) is 2.86. The molecule has 0 aromatic heterocycles. The van der Waals surface area contributed by atoms with Gasteiger partial charge in [-0.2, -0.15) is 5.26 Å². The standard InChI is InChI=1S/C16H13IN2O2/c17-14-4-6-15(7-5-14)21-11-16(20)19-10-13-3-1-2-12(8-13)9-18/h1-8H,10-11H2,(H,19,20). The van der Waals surface area contributed by atoms with E-state index in [2.05, 4.69) is 34.0 Å². The van der Waals surface area contributed by atoms with Gasteiger partial charge in [0.1, 0.15) is 5.75 Å². The van der Waals surface area contributed by atoms with Gasteiger partial charge in [0.2, 0.25) is 0 Å². The van der Waals surface area contributed by atoms with E-state index in [1.54, 1.807) is 18.2 Å². The fourth-order valence-corrected chi connectivity index (χ4v) is 2.04. The molecule has 1 N–H and O–H groups in total. The topological polar surface area (TPSA) is 62.1 Å². The van der Waals surface area contributed by atoms with Crippen LogP contribution >= 0.6 is 22.6 Å². The molecule has 0 aliphatic carbocycles. The summed E-state index contributed by atoms with van der Waals surface area (Å²) in [4.78, 5) is 11.7. The van der Waals surface area contributed by atoms with Crippen LogP contribution in [0, 0.1) is 14.9 Å². The number of hydrogen-bond acceptors (Lipinski definition) is 3. The maximum absolute atomic E-state index is 11.7. The number of carbonyl (C=O) groups excluding carboxylic acids is 1. The highest BCUT2D eigenvalue weighted by Crippen LogP contribution is 2.13. The van der Waals surface area contributed by atoms with Gasteiger partial charge in [0.25, 0.3) is 5.91 Å². The van der Waals surface area contributed by atoms with E-state index in [9.17, 15) is 4.79 Å². The molecule has 0 saturated carbocycles. The zero-order chi connectivity index (χ0) is 15.1. The highest BCUT2D eigenvalue weighted by molar-refractivity contribution is 14.1.